The fourth-order valence-corrected chi connectivity index (χ4v) is 1.74. The zero-order valence-corrected chi connectivity index (χ0v) is 9.73. The van der Waals surface area contributed by atoms with Crippen LogP contribution in [0.4, 0.5) is 0 Å². The Kier molecular flexibility index (Phi) is 3.41. The molecule has 86 valence electrons. The van der Waals surface area contributed by atoms with Crippen LogP contribution in [0.5, 0.6) is 0 Å². The van der Waals surface area contributed by atoms with Gasteiger partial charge >= 0.3 is 0 Å². The van der Waals surface area contributed by atoms with Gasteiger partial charge in [-0.3, -0.25) is 0 Å². The van der Waals surface area contributed by atoms with E-state index in [4.69, 9.17) is 4.42 Å². The molecule has 2 aromatic heterocycles. The lowest BCUT2D eigenvalue weighted by Gasteiger charge is -2.03. The Morgan fingerprint density at radius 1 is 1.38 bits per heavy atom. The van der Waals surface area contributed by atoms with Crippen LogP contribution in [0.25, 0.3) is 0 Å². The lowest BCUT2D eigenvalue weighted by atomic mass is 10.4. The Balaban J connectivity index is 2.08. The van der Waals surface area contributed by atoms with Gasteiger partial charge in [-0.15, -0.1) is 0 Å². The van der Waals surface area contributed by atoms with E-state index in [9.17, 15) is 0 Å². The van der Waals surface area contributed by atoms with Crippen molar-refractivity contribution in [2.75, 3.05) is 7.05 Å². The van der Waals surface area contributed by atoms with Gasteiger partial charge in [0, 0.05) is 18.8 Å². The highest BCUT2D eigenvalue weighted by Crippen LogP contribution is 2.10. The van der Waals surface area contributed by atoms with Crippen molar-refractivity contribution in [1.82, 2.24) is 14.9 Å². The SMILES string of the molecule is CCc1nccn1Cc1ccc(CNC)o1. The second kappa shape index (κ2) is 4.99. The van der Waals surface area contributed by atoms with Crippen molar-refractivity contribution in [3.63, 3.8) is 0 Å². The zero-order valence-electron chi connectivity index (χ0n) is 9.73. The highest BCUT2D eigenvalue weighted by Gasteiger charge is 2.05. The topological polar surface area (TPSA) is 43.0 Å². The molecule has 0 aliphatic heterocycles. The van der Waals surface area contributed by atoms with Gasteiger partial charge in [0.05, 0.1) is 13.1 Å². The molecule has 0 aliphatic carbocycles. The van der Waals surface area contributed by atoms with Gasteiger partial charge < -0.3 is 14.3 Å². The molecular weight excluding hydrogens is 202 g/mol. The van der Waals surface area contributed by atoms with Gasteiger partial charge in [0.15, 0.2) is 0 Å². The summed E-state index contributed by atoms with van der Waals surface area (Å²) >= 11 is 0. The van der Waals surface area contributed by atoms with Crippen LogP contribution in [0.15, 0.2) is 28.9 Å². The molecule has 0 saturated heterocycles. The third kappa shape index (κ3) is 2.33. The maximum absolute atomic E-state index is 5.69. The molecule has 0 unspecified atom stereocenters. The predicted molar refractivity (Wildman–Crippen MR) is 62.2 cm³/mol. The molecule has 2 heterocycles. The molecule has 0 radical (unpaired) electrons. The number of nitrogens with one attached hydrogen (secondary N) is 1. The van der Waals surface area contributed by atoms with E-state index in [0.29, 0.717) is 0 Å². The Hall–Kier alpha value is -1.55. The molecule has 0 atom stereocenters. The number of aromatic nitrogens is 2. The monoisotopic (exact) mass is 219 g/mol. The van der Waals surface area contributed by atoms with Crippen molar-refractivity contribution in [2.45, 2.75) is 26.4 Å². The molecule has 0 fully saturated rings. The molecule has 2 aromatic rings. The van der Waals surface area contributed by atoms with E-state index in [1.165, 1.54) is 0 Å². The molecule has 16 heavy (non-hydrogen) atoms. The summed E-state index contributed by atoms with van der Waals surface area (Å²) in [5, 5.41) is 3.07. The van der Waals surface area contributed by atoms with Crippen LogP contribution in [0.3, 0.4) is 0 Å². The smallest absolute Gasteiger partial charge is 0.123 e. The molecule has 0 spiro atoms. The van der Waals surface area contributed by atoms with Gasteiger partial charge in [0.25, 0.3) is 0 Å². The molecule has 0 bridgehead atoms. The lowest BCUT2D eigenvalue weighted by molar-refractivity contribution is 0.442. The maximum atomic E-state index is 5.69. The Bertz CT molecular complexity index is 445. The highest BCUT2D eigenvalue weighted by atomic mass is 16.3. The van der Waals surface area contributed by atoms with Crippen molar-refractivity contribution in [3.8, 4) is 0 Å². The van der Waals surface area contributed by atoms with Crippen LogP contribution in [0, 0.1) is 0 Å². The second-order valence-corrected chi connectivity index (χ2v) is 3.72. The zero-order chi connectivity index (χ0) is 11.4. The molecule has 0 aliphatic rings. The van der Waals surface area contributed by atoms with Crippen LogP contribution >= 0.6 is 0 Å². The first-order valence-electron chi connectivity index (χ1n) is 5.55. The molecule has 1 N–H and O–H groups in total. The Morgan fingerprint density at radius 2 is 2.19 bits per heavy atom. The highest BCUT2D eigenvalue weighted by molar-refractivity contribution is 5.08. The number of hydrogen-bond acceptors (Lipinski definition) is 3. The van der Waals surface area contributed by atoms with Crippen molar-refractivity contribution in [2.24, 2.45) is 0 Å². The van der Waals surface area contributed by atoms with Crippen molar-refractivity contribution in [1.29, 1.82) is 0 Å². The van der Waals surface area contributed by atoms with Crippen molar-refractivity contribution in [3.05, 3.63) is 41.9 Å². The molecule has 0 amide bonds. The number of hydrogen-bond donors (Lipinski definition) is 1. The lowest BCUT2D eigenvalue weighted by Crippen LogP contribution is -2.04. The summed E-state index contributed by atoms with van der Waals surface area (Å²) < 4.78 is 7.80. The van der Waals surface area contributed by atoms with Crippen LogP contribution in [-0.4, -0.2) is 16.6 Å². The first kappa shape index (κ1) is 11.0. The minimum absolute atomic E-state index is 0.757. The van der Waals surface area contributed by atoms with Gasteiger partial charge in [-0.05, 0) is 19.2 Å². The van der Waals surface area contributed by atoms with Crippen molar-refractivity contribution >= 4 is 0 Å². The van der Waals surface area contributed by atoms with E-state index in [1.807, 2.05) is 31.6 Å². The fourth-order valence-electron chi connectivity index (χ4n) is 1.74. The average Bonchev–Trinajstić information content (AvgIpc) is 2.89. The van der Waals surface area contributed by atoms with Crippen LogP contribution in [0.1, 0.15) is 24.3 Å². The normalized spacial score (nSPS) is 10.9. The number of imidazole rings is 1. The largest absolute Gasteiger partial charge is 0.463 e. The molecular formula is C12H17N3O. The van der Waals surface area contributed by atoms with Gasteiger partial charge in [-0.2, -0.15) is 0 Å². The molecule has 0 saturated carbocycles. The van der Waals surface area contributed by atoms with Gasteiger partial charge in [0.1, 0.15) is 17.3 Å². The third-order valence-electron chi connectivity index (χ3n) is 2.51. The van der Waals surface area contributed by atoms with Crippen LogP contribution < -0.4 is 5.32 Å². The molecule has 0 aromatic carbocycles. The van der Waals surface area contributed by atoms with Crippen molar-refractivity contribution < 1.29 is 4.42 Å². The average molecular weight is 219 g/mol. The van der Waals surface area contributed by atoms with E-state index in [0.717, 1.165) is 36.9 Å². The Labute approximate surface area is 95.3 Å². The summed E-state index contributed by atoms with van der Waals surface area (Å²) in [4.78, 5) is 4.28. The number of rotatable bonds is 5. The summed E-state index contributed by atoms with van der Waals surface area (Å²) in [6, 6.07) is 4.03. The van der Waals surface area contributed by atoms with Gasteiger partial charge in [-0.25, -0.2) is 4.98 Å². The van der Waals surface area contributed by atoms with Crippen LogP contribution in [0.2, 0.25) is 0 Å². The maximum Gasteiger partial charge on any atom is 0.123 e. The number of aryl methyl sites for hydroxylation is 1. The van der Waals surface area contributed by atoms with E-state index in [2.05, 4.69) is 21.8 Å². The molecule has 2 rings (SSSR count). The van der Waals surface area contributed by atoms with E-state index < -0.39 is 0 Å². The summed E-state index contributed by atoms with van der Waals surface area (Å²) in [5.74, 6) is 3.03. The number of nitrogens with zero attached hydrogens (tertiary/aromatic N) is 2. The molecule has 4 nitrogen and oxygen atoms in total. The first-order chi connectivity index (χ1) is 7.83. The van der Waals surface area contributed by atoms with Gasteiger partial charge in [0.2, 0.25) is 0 Å². The quantitative estimate of drug-likeness (QED) is 0.834. The summed E-state index contributed by atoms with van der Waals surface area (Å²) in [6.45, 7) is 3.63. The standard InChI is InChI=1S/C12H17N3O/c1-3-12-14-6-7-15(12)9-11-5-4-10(16-11)8-13-2/h4-7,13H,3,8-9H2,1-2H3. The molecule has 4 heteroatoms. The predicted octanol–water partition coefficient (Wildman–Crippen LogP) is 1.81. The minimum Gasteiger partial charge on any atom is -0.463 e. The van der Waals surface area contributed by atoms with E-state index in [-0.39, 0.29) is 0 Å². The summed E-state index contributed by atoms with van der Waals surface area (Å²) in [6.07, 6.45) is 4.76. The summed E-state index contributed by atoms with van der Waals surface area (Å²) in [5.41, 5.74) is 0. The third-order valence-corrected chi connectivity index (χ3v) is 2.51. The van der Waals surface area contributed by atoms with E-state index in [1.54, 1.807) is 0 Å². The van der Waals surface area contributed by atoms with Gasteiger partial charge in [-0.1, -0.05) is 6.92 Å². The Morgan fingerprint density at radius 3 is 2.94 bits per heavy atom. The van der Waals surface area contributed by atoms with E-state index >= 15 is 0 Å². The fraction of sp³-hybridized carbons (Fsp3) is 0.417. The second-order valence-electron chi connectivity index (χ2n) is 3.72. The first-order valence-corrected chi connectivity index (χ1v) is 5.55. The number of furan rings is 1. The van der Waals surface area contributed by atoms with Crippen LogP contribution in [-0.2, 0) is 19.5 Å². The summed E-state index contributed by atoms with van der Waals surface area (Å²) in [7, 11) is 1.91. The minimum atomic E-state index is 0.757.